The molecule has 0 aromatic heterocycles. The fourth-order valence-corrected chi connectivity index (χ4v) is 4.57. The van der Waals surface area contributed by atoms with Crippen LogP contribution in [-0.4, -0.2) is 42.5 Å². The Morgan fingerprint density at radius 2 is 1.69 bits per heavy atom. The molecule has 0 radical (unpaired) electrons. The van der Waals surface area contributed by atoms with Crippen molar-refractivity contribution < 1.29 is 28.6 Å². The molecule has 1 aliphatic rings. The van der Waals surface area contributed by atoms with Crippen LogP contribution >= 0.6 is 15.9 Å². The van der Waals surface area contributed by atoms with Crippen LogP contribution in [0.25, 0.3) is 5.76 Å². The van der Waals surface area contributed by atoms with Crippen LogP contribution in [0.5, 0.6) is 11.5 Å². The number of carbonyl (C=O) groups is 2. The van der Waals surface area contributed by atoms with Gasteiger partial charge in [0.25, 0.3) is 11.7 Å². The molecule has 0 bridgehead atoms. The minimum atomic E-state index is -0.853. The first-order chi connectivity index (χ1) is 17.2. The SMILES string of the molecule is COc1ccc(C2/C(=C(/O)c3ccc(Br)c(C)c3)C(=O)C(=O)N2CCc2ccc(F)cc2)cc1OC. The first-order valence-corrected chi connectivity index (χ1v) is 12.1. The van der Waals surface area contributed by atoms with Gasteiger partial charge < -0.3 is 19.5 Å². The zero-order valence-corrected chi connectivity index (χ0v) is 21.6. The number of carbonyl (C=O) groups excluding carboxylic acids is 2. The van der Waals surface area contributed by atoms with E-state index in [0.717, 1.165) is 15.6 Å². The van der Waals surface area contributed by atoms with E-state index in [0.29, 0.717) is 29.0 Å². The second-order valence-electron chi connectivity index (χ2n) is 8.45. The number of likely N-dealkylation sites (tertiary alicyclic amines) is 1. The summed E-state index contributed by atoms with van der Waals surface area (Å²) in [5.74, 6) is -1.17. The summed E-state index contributed by atoms with van der Waals surface area (Å²) in [4.78, 5) is 27.9. The molecule has 0 saturated carbocycles. The van der Waals surface area contributed by atoms with Crippen LogP contribution < -0.4 is 9.47 Å². The summed E-state index contributed by atoms with van der Waals surface area (Å²) in [5, 5.41) is 11.3. The van der Waals surface area contributed by atoms with Crippen molar-refractivity contribution in [1.82, 2.24) is 4.90 Å². The molecule has 0 aliphatic carbocycles. The van der Waals surface area contributed by atoms with Gasteiger partial charge in [0.1, 0.15) is 11.6 Å². The lowest BCUT2D eigenvalue weighted by Crippen LogP contribution is -2.31. The molecule has 3 aromatic rings. The number of amides is 1. The predicted molar refractivity (Wildman–Crippen MR) is 138 cm³/mol. The summed E-state index contributed by atoms with van der Waals surface area (Å²) in [6.07, 6.45) is 0.397. The number of hydrogen-bond donors (Lipinski definition) is 1. The summed E-state index contributed by atoms with van der Waals surface area (Å²) >= 11 is 3.44. The highest BCUT2D eigenvalue weighted by Crippen LogP contribution is 2.42. The number of nitrogens with zero attached hydrogens (tertiary/aromatic N) is 1. The zero-order chi connectivity index (χ0) is 26.0. The van der Waals surface area contributed by atoms with Crippen LogP contribution in [0.4, 0.5) is 4.39 Å². The summed E-state index contributed by atoms with van der Waals surface area (Å²) in [5.41, 5.74) is 2.69. The van der Waals surface area contributed by atoms with Gasteiger partial charge >= 0.3 is 0 Å². The second-order valence-corrected chi connectivity index (χ2v) is 9.30. The number of aliphatic hydroxyl groups is 1. The van der Waals surface area contributed by atoms with Gasteiger partial charge in [0, 0.05) is 16.6 Å². The average Bonchev–Trinajstić information content (AvgIpc) is 3.14. The van der Waals surface area contributed by atoms with Crippen molar-refractivity contribution in [2.45, 2.75) is 19.4 Å². The molecule has 186 valence electrons. The minimum absolute atomic E-state index is 0.00644. The molecule has 1 aliphatic heterocycles. The van der Waals surface area contributed by atoms with Crippen molar-refractivity contribution in [3.05, 3.63) is 98.8 Å². The maximum Gasteiger partial charge on any atom is 0.295 e. The maximum absolute atomic E-state index is 13.3. The van der Waals surface area contributed by atoms with Gasteiger partial charge in [-0.15, -0.1) is 0 Å². The fraction of sp³-hybridized carbons (Fsp3) is 0.214. The Morgan fingerprint density at radius 3 is 2.33 bits per heavy atom. The van der Waals surface area contributed by atoms with E-state index in [4.69, 9.17) is 9.47 Å². The summed E-state index contributed by atoms with van der Waals surface area (Å²) in [6.45, 7) is 2.05. The van der Waals surface area contributed by atoms with E-state index in [1.54, 1.807) is 48.5 Å². The first-order valence-electron chi connectivity index (χ1n) is 11.3. The molecule has 1 N–H and O–H groups in total. The minimum Gasteiger partial charge on any atom is -0.507 e. The summed E-state index contributed by atoms with van der Waals surface area (Å²) in [7, 11) is 3.01. The van der Waals surface area contributed by atoms with Crippen LogP contribution in [0.15, 0.2) is 70.7 Å². The van der Waals surface area contributed by atoms with Gasteiger partial charge in [0.2, 0.25) is 0 Å². The van der Waals surface area contributed by atoms with E-state index in [1.165, 1.54) is 31.3 Å². The zero-order valence-electron chi connectivity index (χ0n) is 20.0. The third-order valence-corrected chi connectivity index (χ3v) is 7.14. The Kier molecular flexibility index (Phi) is 7.45. The molecule has 1 heterocycles. The number of Topliss-reactive ketones (excluding diaryl/α,β-unsaturated/α-hetero) is 1. The van der Waals surface area contributed by atoms with Crippen molar-refractivity contribution in [2.75, 3.05) is 20.8 Å². The average molecular weight is 554 g/mol. The molecule has 8 heteroatoms. The molecule has 1 fully saturated rings. The molecule has 1 atom stereocenters. The van der Waals surface area contributed by atoms with Gasteiger partial charge in [-0.05, 0) is 66.4 Å². The van der Waals surface area contributed by atoms with Gasteiger partial charge in [0.15, 0.2) is 11.5 Å². The number of aryl methyl sites for hydroxylation is 1. The number of rotatable bonds is 7. The number of hydrogen-bond acceptors (Lipinski definition) is 5. The number of halogens is 2. The van der Waals surface area contributed by atoms with Crippen LogP contribution in [0.2, 0.25) is 0 Å². The molecule has 36 heavy (non-hydrogen) atoms. The summed E-state index contributed by atoms with van der Waals surface area (Å²) in [6, 6.07) is 15.5. The lowest BCUT2D eigenvalue weighted by atomic mass is 9.94. The van der Waals surface area contributed by atoms with Gasteiger partial charge in [0.05, 0.1) is 25.8 Å². The molecular formula is C28H25BrFNO5. The Labute approximate surface area is 217 Å². The molecule has 4 rings (SSSR count). The van der Waals surface area contributed by atoms with Crippen molar-refractivity contribution in [3.63, 3.8) is 0 Å². The van der Waals surface area contributed by atoms with E-state index in [1.807, 2.05) is 6.92 Å². The van der Waals surface area contributed by atoms with Crippen LogP contribution in [0.1, 0.15) is 28.3 Å². The third-order valence-electron chi connectivity index (χ3n) is 6.25. The molecule has 1 amide bonds. The second kappa shape index (κ2) is 10.5. The number of aliphatic hydroxyl groups excluding tert-OH is 1. The third kappa shape index (κ3) is 4.86. The molecule has 3 aromatic carbocycles. The first kappa shape index (κ1) is 25.4. The standard InChI is InChI=1S/C28H25BrFNO5/c1-16-14-19(6-10-21(16)29)26(32)24-25(18-7-11-22(35-2)23(15-18)36-3)31(28(34)27(24)33)13-12-17-4-8-20(30)9-5-17/h4-11,14-15,25,32H,12-13H2,1-3H3/b26-24-. The molecule has 6 nitrogen and oxygen atoms in total. The highest BCUT2D eigenvalue weighted by atomic mass is 79.9. The highest BCUT2D eigenvalue weighted by molar-refractivity contribution is 9.10. The molecule has 0 spiro atoms. The van der Waals surface area contributed by atoms with Gasteiger partial charge in [-0.1, -0.05) is 40.2 Å². The maximum atomic E-state index is 13.3. The Bertz CT molecular complexity index is 1350. The van der Waals surface area contributed by atoms with Gasteiger partial charge in [-0.2, -0.15) is 0 Å². The van der Waals surface area contributed by atoms with E-state index >= 15 is 0 Å². The summed E-state index contributed by atoms with van der Waals surface area (Å²) < 4.78 is 25.0. The smallest absolute Gasteiger partial charge is 0.295 e. The Balaban J connectivity index is 1.83. The van der Waals surface area contributed by atoms with Crippen LogP contribution in [0, 0.1) is 12.7 Å². The van der Waals surface area contributed by atoms with E-state index in [9.17, 15) is 19.1 Å². The monoisotopic (exact) mass is 553 g/mol. The van der Waals surface area contributed by atoms with E-state index in [2.05, 4.69) is 15.9 Å². The lowest BCUT2D eigenvalue weighted by molar-refractivity contribution is -0.139. The van der Waals surface area contributed by atoms with Gasteiger partial charge in [-0.3, -0.25) is 9.59 Å². The Hall–Kier alpha value is -3.65. The number of ether oxygens (including phenoxy) is 2. The number of ketones is 1. The largest absolute Gasteiger partial charge is 0.507 e. The molecule has 1 saturated heterocycles. The van der Waals surface area contributed by atoms with Gasteiger partial charge in [-0.25, -0.2) is 4.39 Å². The number of methoxy groups -OCH3 is 2. The van der Waals surface area contributed by atoms with E-state index in [-0.39, 0.29) is 23.7 Å². The number of benzene rings is 3. The van der Waals surface area contributed by atoms with Crippen molar-refractivity contribution in [3.8, 4) is 11.5 Å². The quantitative estimate of drug-likeness (QED) is 0.235. The topological polar surface area (TPSA) is 76.1 Å². The molecular weight excluding hydrogens is 529 g/mol. The lowest BCUT2D eigenvalue weighted by Gasteiger charge is -2.26. The van der Waals surface area contributed by atoms with Crippen LogP contribution in [0.3, 0.4) is 0 Å². The van der Waals surface area contributed by atoms with Crippen molar-refractivity contribution in [1.29, 1.82) is 0 Å². The van der Waals surface area contributed by atoms with Crippen LogP contribution in [-0.2, 0) is 16.0 Å². The predicted octanol–water partition coefficient (Wildman–Crippen LogP) is 5.58. The molecule has 1 unspecified atom stereocenters. The fourth-order valence-electron chi connectivity index (χ4n) is 4.33. The normalized spacial score (nSPS) is 16.9. The van der Waals surface area contributed by atoms with E-state index < -0.39 is 17.7 Å². The Morgan fingerprint density at radius 1 is 1.00 bits per heavy atom. The highest BCUT2D eigenvalue weighted by Gasteiger charge is 2.46. The van der Waals surface area contributed by atoms with Crippen molar-refractivity contribution in [2.24, 2.45) is 0 Å². The van der Waals surface area contributed by atoms with Crippen molar-refractivity contribution >= 4 is 33.4 Å².